The average molecular weight is 295 g/mol. The third-order valence-corrected chi connectivity index (χ3v) is 3.78. The number of ether oxygens (including phenoxy) is 1. The first-order valence-electron chi connectivity index (χ1n) is 7.05. The molecule has 4 nitrogen and oxygen atoms in total. The summed E-state index contributed by atoms with van der Waals surface area (Å²) in [5.41, 5.74) is 3.30. The molecule has 0 bridgehead atoms. The molecular weight excluding hydrogens is 278 g/mol. The summed E-state index contributed by atoms with van der Waals surface area (Å²) in [6.45, 7) is 2.52. The Morgan fingerprint density at radius 3 is 2.55 bits per heavy atom. The van der Waals surface area contributed by atoms with Crippen molar-refractivity contribution in [3.63, 3.8) is 0 Å². The van der Waals surface area contributed by atoms with Crippen LogP contribution in [0.15, 0.2) is 48.5 Å². The number of aromatic nitrogens is 1. The molecular formula is C18H17NO3. The lowest BCUT2D eigenvalue weighted by Gasteiger charge is -2.11. The number of nitrogens with zero attached hydrogens (tertiary/aromatic N) is 1. The van der Waals surface area contributed by atoms with Crippen LogP contribution in [-0.2, 0) is 6.54 Å². The number of hydrogen-bond donors (Lipinski definition) is 1. The number of aromatic carboxylic acids is 1. The van der Waals surface area contributed by atoms with Crippen LogP contribution in [0.25, 0.3) is 10.9 Å². The molecule has 0 aliphatic rings. The van der Waals surface area contributed by atoms with Crippen LogP contribution in [-0.4, -0.2) is 22.8 Å². The van der Waals surface area contributed by atoms with Crippen LogP contribution in [0.2, 0.25) is 0 Å². The first kappa shape index (κ1) is 14.2. The largest absolute Gasteiger partial charge is 0.495 e. The van der Waals surface area contributed by atoms with E-state index >= 15 is 0 Å². The average Bonchev–Trinajstić information content (AvgIpc) is 2.88. The van der Waals surface area contributed by atoms with Gasteiger partial charge in [-0.15, -0.1) is 0 Å². The molecule has 0 saturated carbocycles. The van der Waals surface area contributed by atoms with Gasteiger partial charge in [-0.1, -0.05) is 42.0 Å². The zero-order chi connectivity index (χ0) is 15.7. The third-order valence-electron chi connectivity index (χ3n) is 3.78. The summed E-state index contributed by atoms with van der Waals surface area (Å²) in [5.74, 6) is -0.262. The minimum atomic E-state index is -0.939. The number of para-hydroxylation sites is 1. The van der Waals surface area contributed by atoms with Crippen LogP contribution < -0.4 is 4.74 Å². The van der Waals surface area contributed by atoms with Crippen LogP contribution in [0.5, 0.6) is 5.75 Å². The van der Waals surface area contributed by atoms with Gasteiger partial charge in [-0.2, -0.15) is 0 Å². The number of carbonyl (C=O) groups is 1. The number of benzene rings is 2. The summed E-state index contributed by atoms with van der Waals surface area (Å²) in [4.78, 5) is 11.6. The number of aryl methyl sites for hydroxylation is 1. The van der Waals surface area contributed by atoms with Gasteiger partial charge in [0.15, 0.2) is 0 Å². The van der Waals surface area contributed by atoms with Crippen molar-refractivity contribution in [2.24, 2.45) is 0 Å². The predicted molar refractivity (Wildman–Crippen MR) is 85.7 cm³/mol. The number of fused-ring (bicyclic) bond motifs is 1. The van der Waals surface area contributed by atoms with E-state index in [9.17, 15) is 9.90 Å². The lowest BCUT2D eigenvalue weighted by Crippen LogP contribution is -2.09. The molecule has 0 amide bonds. The normalized spacial score (nSPS) is 10.8. The van der Waals surface area contributed by atoms with Gasteiger partial charge < -0.3 is 14.4 Å². The molecule has 0 atom stereocenters. The Kier molecular flexibility index (Phi) is 3.59. The first-order chi connectivity index (χ1) is 10.6. The fraction of sp³-hybridized carbons (Fsp3) is 0.167. The van der Waals surface area contributed by atoms with Crippen molar-refractivity contribution < 1.29 is 14.6 Å². The molecule has 0 unspecified atom stereocenters. The van der Waals surface area contributed by atoms with Crippen molar-refractivity contribution in [3.05, 3.63) is 65.4 Å². The van der Waals surface area contributed by atoms with Crippen molar-refractivity contribution >= 4 is 16.9 Å². The van der Waals surface area contributed by atoms with Gasteiger partial charge in [0.25, 0.3) is 0 Å². The van der Waals surface area contributed by atoms with Gasteiger partial charge in [-0.25, -0.2) is 4.79 Å². The van der Waals surface area contributed by atoms with Crippen molar-refractivity contribution in [2.45, 2.75) is 13.5 Å². The maximum absolute atomic E-state index is 11.6. The van der Waals surface area contributed by atoms with Gasteiger partial charge >= 0.3 is 5.97 Å². The molecule has 112 valence electrons. The second kappa shape index (κ2) is 5.56. The molecule has 22 heavy (non-hydrogen) atoms. The minimum absolute atomic E-state index is 0.264. The van der Waals surface area contributed by atoms with Gasteiger partial charge in [-0.05, 0) is 24.6 Å². The van der Waals surface area contributed by atoms with Gasteiger partial charge in [0.1, 0.15) is 11.4 Å². The van der Waals surface area contributed by atoms with E-state index in [1.807, 2.05) is 49.4 Å². The molecule has 3 aromatic rings. The lowest BCUT2D eigenvalue weighted by molar-refractivity contribution is 0.0686. The fourth-order valence-corrected chi connectivity index (χ4v) is 2.67. The number of carboxylic acid groups (broad SMARTS) is 1. The summed E-state index contributed by atoms with van der Waals surface area (Å²) >= 11 is 0. The highest BCUT2D eigenvalue weighted by Crippen LogP contribution is 2.29. The summed E-state index contributed by atoms with van der Waals surface area (Å²) in [5, 5.41) is 10.4. The van der Waals surface area contributed by atoms with Crippen molar-refractivity contribution in [1.82, 2.24) is 4.57 Å². The third kappa shape index (κ3) is 2.44. The van der Waals surface area contributed by atoms with E-state index in [-0.39, 0.29) is 5.69 Å². The van der Waals surface area contributed by atoms with Gasteiger partial charge in [0, 0.05) is 11.9 Å². The Hall–Kier alpha value is -2.75. The molecule has 1 aromatic heterocycles. The highest BCUT2D eigenvalue weighted by atomic mass is 16.5. The topological polar surface area (TPSA) is 51.5 Å². The van der Waals surface area contributed by atoms with Crippen LogP contribution in [0.4, 0.5) is 0 Å². The standard InChI is InChI=1S/C18H17NO3/c1-12-6-8-13(9-7-12)11-19-15(18(20)21)10-14-4-3-5-16(22-2)17(14)19/h3-10H,11H2,1-2H3,(H,20,21). The molecule has 0 fully saturated rings. The fourth-order valence-electron chi connectivity index (χ4n) is 2.67. The maximum atomic E-state index is 11.6. The van der Waals surface area contributed by atoms with E-state index < -0.39 is 5.97 Å². The molecule has 0 saturated heterocycles. The van der Waals surface area contributed by atoms with E-state index in [1.54, 1.807) is 17.7 Å². The number of methoxy groups -OCH3 is 1. The van der Waals surface area contributed by atoms with E-state index in [1.165, 1.54) is 5.56 Å². The Morgan fingerprint density at radius 1 is 1.18 bits per heavy atom. The second-order valence-corrected chi connectivity index (χ2v) is 5.30. The highest BCUT2D eigenvalue weighted by Gasteiger charge is 2.17. The van der Waals surface area contributed by atoms with Crippen molar-refractivity contribution in [3.8, 4) is 5.75 Å². The Morgan fingerprint density at radius 2 is 1.91 bits per heavy atom. The SMILES string of the molecule is COc1cccc2cc(C(=O)O)n(Cc3ccc(C)cc3)c12. The maximum Gasteiger partial charge on any atom is 0.352 e. The Labute approximate surface area is 128 Å². The smallest absolute Gasteiger partial charge is 0.352 e. The zero-order valence-electron chi connectivity index (χ0n) is 12.5. The summed E-state index contributed by atoms with van der Waals surface area (Å²) in [6, 6.07) is 15.4. The molecule has 3 rings (SSSR count). The molecule has 0 spiro atoms. The van der Waals surface area contributed by atoms with Gasteiger partial charge in [0.2, 0.25) is 0 Å². The Balaban J connectivity index is 2.18. The van der Waals surface area contributed by atoms with Crippen LogP contribution in [0, 0.1) is 6.92 Å². The summed E-state index contributed by atoms with van der Waals surface area (Å²) in [6.07, 6.45) is 0. The second-order valence-electron chi connectivity index (χ2n) is 5.30. The molecule has 4 heteroatoms. The quantitative estimate of drug-likeness (QED) is 0.798. The summed E-state index contributed by atoms with van der Waals surface area (Å²) < 4.78 is 7.20. The van der Waals surface area contributed by atoms with E-state index in [0.717, 1.165) is 16.5 Å². The van der Waals surface area contributed by atoms with Gasteiger partial charge in [-0.3, -0.25) is 0 Å². The van der Waals surface area contributed by atoms with E-state index in [0.29, 0.717) is 12.3 Å². The monoisotopic (exact) mass is 295 g/mol. The molecule has 1 N–H and O–H groups in total. The molecule has 2 aromatic carbocycles. The highest BCUT2D eigenvalue weighted by molar-refractivity contribution is 5.96. The molecule has 1 heterocycles. The minimum Gasteiger partial charge on any atom is -0.495 e. The number of rotatable bonds is 4. The van der Waals surface area contributed by atoms with Crippen LogP contribution in [0.1, 0.15) is 21.6 Å². The summed E-state index contributed by atoms with van der Waals surface area (Å²) in [7, 11) is 1.60. The van der Waals surface area contributed by atoms with E-state index in [4.69, 9.17) is 4.74 Å². The molecule has 0 radical (unpaired) electrons. The first-order valence-corrected chi connectivity index (χ1v) is 7.05. The number of hydrogen-bond acceptors (Lipinski definition) is 2. The van der Waals surface area contributed by atoms with Crippen molar-refractivity contribution in [2.75, 3.05) is 7.11 Å². The number of carboxylic acids is 1. The van der Waals surface area contributed by atoms with Gasteiger partial charge in [0.05, 0.1) is 12.6 Å². The Bertz CT molecular complexity index is 831. The van der Waals surface area contributed by atoms with Crippen LogP contribution in [0.3, 0.4) is 0 Å². The van der Waals surface area contributed by atoms with Crippen molar-refractivity contribution in [1.29, 1.82) is 0 Å². The molecule has 0 aliphatic heterocycles. The van der Waals surface area contributed by atoms with Crippen LogP contribution >= 0.6 is 0 Å². The zero-order valence-corrected chi connectivity index (χ0v) is 12.5. The molecule has 0 aliphatic carbocycles. The van der Waals surface area contributed by atoms with E-state index in [2.05, 4.69) is 0 Å². The predicted octanol–water partition coefficient (Wildman–Crippen LogP) is 3.70. The lowest BCUT2D eigenvalue weighted by atomic mass is 10.1.